The van der Waals surface area contributed by atoms with Crippen LogP contribution >= 0.6 is 23.2 Å². The molecule has 0 aliphatic carbocycles. The van der Waals surface area contributed by atoms with Gasteiger partial charge in [-0.05, 0) is 25.1 Å². The zero-order valence-electron chi connectivity index (χ0n) is 23.0. The van der Waals surface area contributed by atoms with E-state index in [9.17, 15) is 14.4 Å². The van der Waals surface area contributed by atoms with E-state index in [1.807, 2.05) is 37.3 Å². The largest absolute Gasteiger partial charge is 0.481 e. The van der Waals surface area contributed by atoms with Crippen molar-refractivity contribution in [3.8, 4) is 28.3 Å². The Hall–Kier alpha value is -4.05. The normalized spacial score (nSPS) is 11.7. The number of carbonyl (C=O) groups excluding carboxylic acids is 2. The lowest BCUT2D eigenvalue weighted by atomic mass is 10.00. The summed E-state index contributed by atoms with van der Waals surface area (Å²) in [6, 6.07) is 15.8. The van der Waals surface area contributed by atoms with Crippen LogP contribution in [-0.4, -0.2) is 40.1 Å². The smallest absolute Gasteiger partial charge is 0.279 e. The van der Waals surface area contributed by atoms with Gasteiger partial charge in [0.1, 0.15) is 11.3 Å². The molecule has 212 valence electrons. The number of rotatable bonds is 10. The van der Waals surface area contributed by atoms with Gasteiger partial charge in [-0.15, -0.1) is 0 Å². The minimum Gasteiger partial charge on any atom is -0.481 e. The Morgan fingerprint density at radius 1 is 1.00 bits per heavy atom. The first-order chi connectivity index (χ1) is 19.6. The van der Waals surface area contributed by atoms with Gasteiger partial charge in [-0.1, -0.05) is 66.5 Å². The molecule has 4 rings (SSSR count). The molecule has 0 saturated heterocycles. The highest BCUT2D eigenvalue weighted by atomic mass is 35.5. The van der Waals surface area contributed by atoms with E-state index < -0.39 is 11.5 Å². The maximum Gasteiger partial charge on any atom is 0.279 e. The van der Waals surface area contributed by atoms with Crippen molar-refractivity contribution in [2.24, 2.45) is 13.0 Å². The second-order valence-corrected chi connectivity index (χ2v) is 10.2. The fourth-order valence-corrected chi connectivity index (χ4v) is 4.74. The number of aromatic nitrogens is 3. The van der Waals surface area contributed by atoms with Crippen LogP contribution in [0.25, 0.3) is 22.4 Å². The maximum absolute atomic E-state index is 12.8. The van der Waals surface area contributed by atoms with Gasteiger partial charge in [0.25, 0.3) is 11.5 Å². The van der Waals surface area contributed by atoms with Gasteiger partial charge >= 0.3 is 0 Å². The van der Waals surface area contributed by atoms with Crippen LogP contribution in [0, 0.1) is 5.92 Å². The topological polar surface area (TPSA) is 115 Å². The van der Waals surface area contributed by atoms with Gasteiger partial charge < -0.3 is 15.4 Å². The average molecular weight is 594 g/mol. The number of carbonyl (C=O) groups is 2. The molecular formula is C30H29Cl2N5O4. The number of pyridine rings is 1. The van der Waals surface area contributed by atoms with Gasteiger partial charge in [0.2, 0.25) is 5.88 Å². The first kappa shape index (κ1) is 29.9. The van der Waals surface area contributed by atoms with E-state index >= 15 is 0 Å². The van der Waals surface area contributed by atoms with Crippen molar-refractivity contribution < 1.29 is 14.3 Å². The number of benzene rings is 2. The third-order valence-corrected chi connectivity index (χ3v) is 7.47. The van der Waals surface area contributed by atoms with Crippen LogP contribution in [0.2, 0.25) is 10.0 Å². The molecule has 0 radical (unpaired) electrons. The molecule has 11 heteroatoms. The van der Waals surface area contributed by atoms with E-state index in [2.05, 4.69) is 20.7 Å². The number of nitrogens with zero attached hydrogens (tertiary/aromatic N) is 3. The first-order valence-corrected chi connectivity index (χ1v) is 13.5. The monoisotopic (exact) mass is 593 g/mol. The quantitative estimate of drug-likeness (QED) is 0.253. The molecule has 0 bridgehead atoms. The van der Waals surface area contributed by atoms with E-state index in [0.717, 1.165) is 10.2 Å². The van der Waals surface area contributed by atoms with E-state index in [0.29, 0.717) is 52.1 Å². The van der Waals surface area contributed by atoms with E-state index in [-0.39, 0.29) is 22.3 Å². The molecule has 4 aromatic rings. The van der Waals surface area contributed by atoms with Crippen molar-refractivity contribution in [2.45, 2.75) is 20.4 Å². The van der Waals surface area contributed by atoms with E-state index in [1.54, 1.807) is 32.2 Å². The fraction of sp³-hybridized carbons (Fsp3) is 0.233. The number of halogens is 2. The second kappa shape index (κ2) is 13.1. The van der Waals surface area contributed by atoms with Crippen molar-refractivity contribution in [3.63, 3.8) is 0 Å². The summed E-state index contributed by atoms with van der Waals surface area (Å²) in [5.41, 5.74) is 3.07. The second-order valence-electron chi connectivity index (χ2n) is 9.47. The molecule has 0 saturated carbocycles. The van der Waals surface area contributed by atoms with Crippen LogP contribution in [0.15, 0.2) is 65.6 Å². The Morgan fingerprint density at radius 2 is 1.68 bits per heavy atom. The third-order valence-electron chi connectivity index (χ3n) is 6.65. The third kappa shape index (κ3) is 6.65. The van der Waals surface area contributed by atoms with Gasteiger partial charge in [0.05, 0.1) is 28.5 Å². The highest BCUT2D eigenvalue weighted by Crippen LogP contribution is 2.41. The Kier molecular flexibility index (Phi) is 9.54. The van der Waals surface area contributed by atoms with Gasteiger partial charge in [-0.25, -0.2) is 9.67 Å². The van der Waals surface area contributed by atoms with Crippen LogP contribution in [0.1, 0.15) is 29.8 Å². The number of ketones is 1. The standard InChI is InChI=1S/C30H29Cl2N5O4/c1-17(18(2)38)15-33-16-19-11-12-24(36-29(19)41-4)22-9-5-7-20(26(22)31)21-8-6-10-25(27(21)32)35-28(39)23-13-14-34-37(3)30(23)40/h5-14,17,33H,15-16H2,1-4H3,(H,35,39)/t17-/m1/s1. The summed E-state index contributed by atoms with van der Waals surface area (Å²) in [4.78, 5) is 41.3. The van der Waals surface area contributed by atoms with Gasteiger partial charge in [-0.3, -0.25) is 14.4 Å². The van der Waals surface area contributed by atoms with Crippen molar-refractivity contribution in [1.29, 1.82) is 0 Å². The van der Waals surface area contributed by atoms with Crippen LogP contribution < -0.4 is 20.9 Å². The van der Waals surface area contributed by atoms with Crippen LogP contribution in [-0.2, 0) is 18.4 Å². The van der Waals surface area contributed by atoms with Crippen LogP contribution in [0.3, 0.4) is 0 Å². The molecule has 1 atom stereocenters. The van der Waals surface area contributed by atoms with Gasteiger partial charge in [0.15, 0.2) is 0 Å². The molecule has 0 unspecified atom stereocenters. The summed E-state index contributed by atoms with van der Waals surface area (Å²) >= 11 is 13.6. The summed E-state index contributed by atoms with van der Waals surface area (Å²) in [5, 5.41) is 10.5. The molecule has 0 aliphatic heterocycles. The summed E-state index contributed by atoms with van der Waals surface area (Å²) < 4.78 is 6.62. The minimum atomic E-state index is -0.603. The molecule has 2 aromatic carbocycles. The Balaban J connectivity index is 1.62. The van der Waals surface area contributed by atoms with Crippen LogP contribution in [0.4, 0.5) is 5.69 Å². The lowest BCUT2D eigenvalue weighted by molar-refractivity contribution is -0.120. The van der Waals surface area contributed by atoms with E-state index in [4.69, 9.17) is 27.9 Å². The predicted octanol–water partition coefficient (Wildman–Crippen LogP) is 5.39. The number of hydrogen-bond acceptors (Lipinski definition) is 7. The van der Waals surface area contributed by atoms with Crippen molar-refractivity contribution in [3.05, 3.63) is 92.3 Å². The number of anilines is 1. The Morgan fingerprint density at radius 3 is 2.39 bits per heavy atom. The molecule has 2 aromatic heterocycles. The minimum absolute atomic E-state index is 0.0592. The average Bonchev–Trinajstić information content (AvgIpc) is 2.96. The van der Waals surface area contributed by atoms with Crippen LogP contribution in [0.5, 0.6) is 5.88 Å². The lowest BCUT2D eigenvalue weighted by Gasteiger charge is -2.15. The van der Waals surface area contributed by atoms with Gasteiger partial charge in [0, 0.05) is 54.5 Å². The van der Waals surface area contributed by atoms with Gasteiger partial charge in [-0.2, -0.15) is 5.10 Å². The molecule has 2 N–H and O–H groups in total. The summed E-state index contributed by atoms with van der Waals surface area (Å²) in [6.45, 7) is 4.49. The summed E-state index contributed by atoms with van der Waals surface area (Å²) in [5.74, 6) is -0.123. The zero-order valence-corrected chi connectivity index (χ0v) is 24.5. The SMILES string of the molecule is COc1nc(-c2cccc(-c3cccc(NC(=O)c4ccnn(C)c4=O)c3Cl)c2Cl)ccc1CNC[C@@H](C)C(C)=O. The zero-order chi connectivity index (χ0) is 29.7. The molecule has 2 heterocycles. The molecule has 0 spiro atoms. The highest BCUT2D eigenvalue weighted by Gasteiger charge is 2.19. The number of nitrogens with one attached hydrogen (secondary N) is 2. The Labute approximate surface area is 247 Å². The summed E-state index contributed by atoms with van der Waals surface area (Å²) in [7, 11) is 3.01. The molecule has 9 nitrogen and oxygen atoms in total. The van der Waals surface area contributed by atoms with Crippen molar-refractivity contribution >= 4 is 40.6 Å². The number of methoxy groups -OCH3 is 1. The number of aryl methyl sites for hydroxylation is 1. The molecule has 0 aliphatic rings. The van der Waals surface area contributed by atoms with Crippen molar-refractivity contribution in [2.75, 3.05) is 19.0 Å². The predicted molar refractivity (Wildman–Crippen MR) is 161 cm³/mol. The number of amides is 1. The molecular weight excluding hydrogens is 565 g/mol. The lowest BCUT2D eigenvalue weighted by Crippen LogP contribution is -2.28. The van der Waals surface area contributed by atoms with Crippen molar-refractivity contribution in [1.82, 2.24) is 20.1 Å². The maximum atomic E-state index is 12.8. The molecule has 0 fully saturated rings. The Bertz CT molecular complexity index is 1670. The number of ether oxygens (including phenoxy) is 1. The highest BCUT2D eigenvalue weighted by molar-refractivity contribution is 6.39. The molecule has 1 amide bonds. The summed E-state index contributed by atoms with van der Waals surface area (Å²) in [6.07, 6.45) is 1.38. The molecule has 41 heavy (non-hydrogen) atoms. The number of Topliss-reactive ketones (excluding diaryl/α,β-unsaturated/α-hetero) is 1. The fourth-order valence-electron chi connectivity index (χ4n) is 4.14. The number of hydrogen-bond donors (Lipinski definition) is 2. The first-order valence-electron chi connectivity index (χ1n) is 12.8. The van der Waals surface area contributed by atoms with E-state index in [1.165, 1.54) is 19.3 Å².